The van der Waals surface area contributed by atoms with Gasteiger partial charge >= 0.3 is 0 Å². The maximum atomic E-state index is 6.09. The van der Waals surface area contributed by atoms with E-state index in [0.29, 0.717) is 16.0 Å². The van der Waals surface area contributed by atoms with Crippen LogP contribution in [0.1, 0.15) is 0 Å². The number of nitrogens with zero attached hydrogens (tertiary/aromatic N) is 1. The Kier molecular flexibility index (Phi) is 2.86. The zero-order valence-corrected chi connectivity index (χ0v) is 10.8. The standard InChI is InChI=1S/C13H9Cl2N3/c14-8-5-6-10(9(15)7-8)16-13-17-11-3-1-2-4-12(11)18-13/h1-7H,(H2,16,17,18). The molecule has 3 nitrogen and oxygen atoms in total. The van der Waals surface area contributed by atoms with Gasteiger partial charge in [0.15, 0.2) is 0 Å². The summed E-state index contributed by atoms with van der Waals surface area (Å²) in [5.41, 5.74) is 2.65. The van der Waals surface area contributed by atoms with Crippen molar-refractivity contribution in [2.75, 3.05) is 5.32 Å². The molecule has 2 aromatic carbocycles. The molecule has 0 saturated carbocycles. The second-order valence-electron chi connectivity index (χ2n) is 3.85. The van der Waals surface area contributed by atoms with E-state index in [4.69, 9.17) is 23.2 Å². The molecule has 0 bridgehead atoms. The van der Waals surface area contributed by atoms with Gasteiger partial charge in [0.1, 0.15) is 0 Å². The number of aromatic nitrogens is 2. The van der Waals surface area contributed by atoms with Gasteiger partial charge in [-0.2, -0.15) is 0 Å². The molecule has 0 aliphatic rings. The molecule has 0 fully saturated rings. The number of benzene rings is 2. The van der Waals surface area contributed by atoms with Crippen LogP contribution in [0.4, 0.5) is 11.6 Å². The fourth-order valence-corrected chi connectivity index (χ4v) is 2.19. The molecular formula is C13H9Cl2N3. The maximum Gasteiger partial charge on any atom is 0.205 e. The van der Waals surface area contributed by atoms with Gasteiger partial charge in [0.25, 0.3) is 0 Å². The first-order chi connectivity index (χ1) is 8.72. The average molecular weight is 278 g/mol. The van der Waals surface area contributed by atoms with Gasteiger partial charge in [0.2, 0.25) is 5.95 Å². The van der Waals surface area contributed by atoms with E-state index in [-0.39, 0.29) is 0 Å². The lowest BCUT2D eigenvalue weighted by Crippen LogP contribution is -1.92. The molecule has 0 atom stereocenters. The van der Waals surface area contributed by atoms with Crippen LogP contribution in [0.15, 0.2) is 42.5 Å². The first kappa shape index (κ1) is 11.4. The van der Waals surface area contributed by atoms with Gasteiger partial charge in [0.05, 0.1) is 21.7 Å². The van der Waals surface area contributed by atoms with Crippen molar-refractivity contribution in [3.63, 3.8) is 0 Å². The third-order valence-electron chi connectivity index (χ3n) is 2.57. The number of rotatable bonds is 2. The fourth-order valence-electron chi connectivity index (χ4n) is 1.73. The average Bonchev–Trinajstić information content (AvgIpc) is 2.75. The SMILES string of the molecule is Clc1ccc(Nc2nc3ccccc3[nH]2)c(Cl)c1. The molecule has 0 amide bonds. The molecule has 90 valence electrons. The zero-order chi connectivity index (χ0) is 12.5. The molecule has 0 spiro atoms. The van der Waals surface area contributed by atoms with Crippen LogP contribution in [-0.2, 0) is 0 Å². The molecule has 18 heavy (non-hydrogen) atoms. The topological polar surface area (TPSA) is 40.7 Å². The highest BCUT2D eigenvalue weighted by Gasteiger charge is 2.05. The van der Waals surface area contributed by atoms with Crippen LogP contribution in [0.5, 0.6) is 0 Å². The number of halogens is 2. The molecule has 0 aliphatic carbocycles. The highest BCUT2D eigenvalue weighted by Crippen LogP contribution is 2.27. The van der Waals surface area contributed by atoms with Crippen molar-refractivity contribution in [3.8, 4) is 0 Å². The van der Waals surface area contributed by atoms with Crippen LogP contribution in [0.3, 0.4) is 0 Å². The number of nitrogens with one attached hydrogen (secondary N) is 2. The monoisotopic (exact) mass is 277 g/mol. The highest BCUT2D eigenvalue weighted by molar-refractivity contribution is 6.36. The number of H-pyrrole nitrogens is 1. The van der Waals surface area contributed by atoms with E-state index in [1.165, 1.54) is 0 Å². The van der Waals surface area contributed by atoms with Crippen molar-refractivity contribution in [3.05, 3.63) is 52.5 Å². The maximum absolute atomic E-state index is 6.09. The van der Waals surface area contributed by atoms with E-state index in [2.05, 4.69) is 15.3 Å². The first-order valence-electron chi connectivity index (χ1n) is 5.39. The summed E-state index contributed by atoms with van der Waals surface area (Å²) in [6.45, 7) is 0. The summed E-state index contributed by atoms with van der Waals surface area (Å²) in [5.74, 6) is 0.653. The number of imidazole rings is 1. The summed E-state index contributed by atoms with van der Waals surface area (Å²) >= 11 is 11.9. The van der Waals surface area contributed by atoms with Gasteiger partial charge in [-0.1, -0.05) is 35.3 Å². The van der Waals surface area contributed by atoms with Gasteiger partial charge in [0, 0.05) is 5.02 Å². The predicted octanol–water partition coefficient (Wildman–Crippen LogP) is 4.61. The number of fused-ring (bicyclic) bond motifs is 1. The molecule has 2 N–H and O–H groups in total. The Hall–Kier alpha value is -1.71. The van der Waals surface area contributed by atoms with E-state index in [1.807, 2.05) is 30.3 Å². The van der Waals surface area contributed by atoms with Crippen LogP contribution in [0, 0.1) is 0 Å². The van der Waals surface area contributed by atoms with Crippen molar-refractivity contribution in [1.29, 1.82) is 0 Å². The molecule has 0 unspecified atom stereocenters. The smallest absolute Gasteiger partial charge is 0.205 e. The Labute approximate surface area is 114 Å². The van der Waals surface area contributed by atoms with Crippen LogP contribution >= 0.6 is 23.2 Å². The number of anilines is 2. The lowest BCUT2D eigenvalue weighted by atomic mass is 10.3. The summed E-state index contributed by atoms with van der Waals surface area (Å²) in [5, 5.41) is 4.30. The van der Waals surface area contributed by atoms with E-state index in [1.54, 1.807) is 12.1 Å². The minimum Gasteiger partial charge on any atom is -0.324 e. The molecule has 3 aromatic rings. The Morgan fingerprint density at radius 3 is 2.67 bits per heavy atom. The lowest BCUT2D eigenvalue weighted by molar-refractivity contribution is 1.31. The zero-order valence-electron chi connectivity index (χ0n) is 9.24. The van der Waals surface area contributed by atoms with Crippen molar-refractivity contribution < 1.29 is 0 Å². The largest absolute Gasteiger partial charge is 0.324 e. The third-order valence-corrected chi connectivity index (χ3v) is 3.12. The van der Waals surface area contributed by atoms with Crippen molar-refractivity contribution in [2.24, 2.45) is 0 Å². The minimum absolute atomic E-state index is 0.558. The quantitative estimate of drug-likeness (QED) is 0.718. The lowest BCUT2D eigenvalue weighted by Gasteiger charge is -2.05. The molecule has 1 heterocycles. The van der Waals surface area contributed by atoms with Gasteiger partial charge in [-0.05, 0) is 30.3 Å². The van der Waals surface area contributed by atoms with Crippen molar-refractivity contribution in [1.82, 2.24) is 9.97 Å². The second kappa shape index (κ2) is 4.52. The Morgan fingerprint density at radius 2 is 1.89 bits per heavy atom. The molecule has 3 rings (SSSR count). The summed E-state index contributed by atoms with van der Waals surface area (Å²) in [6, 6.07) is 13.1. The molecular weight excluding hydrogens is 269 g/mol. The van der Waals surface area contributed by atoms with Gasteiger partial charge in [-0.3, -0.25) is 0 Å². The van der Waals surface area contributed by atoms with Gasteiger partial charge in [-0.25, -0.2) is 4.98 Å². The Bertz CT molecular complexity index is 673. The summed E-state index contributed by atoms with van der Waals surface area (Å²) in [6.07, 6.45) is 0. The number of hydrogen-bond donors (Lipinski definition) is 2. The highest BCUT2D eigenvalue weighted by atomic mass is 35.5. The predicted molar refractivity (Wildman–Crippen MR) is 75.8 cm³/mol. The summed E-state index contributed by atoms with van der Waals surface area (Å²) in [4.78, 5) is 7.59. The minimum atomic E-state index is 0.558. The van der Waals surface area contributed by atoms with Crippen LogP contribution < -0.4 is 5.32 Å². The molecule has 0 aliphatic heterocycles. The Balaban J connectivity index is 1.96. The van der Waals surface area contributed by atoms with E-state index in [9.17, 15) is 0 Å². The molecule has 0 radical (unpaired) electrons. The third kappa shape index (κ3) is 2.15. The van der Waals surface area contributed by atoms with Crippen LogP contribution in [0.2, 0.25) is 10.0 Å². The summed E-state index contributed by atoms with van der Waals surface area (Å²) < 4.78 is 0. The number of hydrogen-bond acceptors (Lipinski definition) is 2. The van der Waals surface area contributed by atoms with E-state index < -0.39 is 0 Å². The normalized spacial score (nSPS) is 10.8. The molecule has 1 aromatic heterocycles. The number of aromatic amines is 1. The fraction of sp³-hybridized carbons (Fsp3) is 0. The van der Waals surface area contributed by atoms with Crippen LogP contribution in [-0.4, -0.2) is 9.97 Å². The second-order valence-corrected chi connectivity index (χ2v) is 4.70. The summed E-state index contributed by atoms with van der Waals surface area (Å²) in [7, 11) is 0. The van der Waals surface area contributed by atoms with Gasteiger partial charge < -0.3 is 10.3 Å². The van der Waals surface area contributed by atoms with Crippen LogP contribution in [0.25, 0.3) is 11.0 Å². The van der Waals surface area contributed by atoms with E-state index >= 15 is 0 Å². The Morgan fingerprint density at radius 1 is 1.06 bits per heavy atom. The molecule has 5 heteroatoms. The van der Waals surface area contributed by atoms with E-state index in [0.717, 1.165) is 16.7 Å². The van der Waals surface area contributed by atoms with Gasteiger partial charge in [-0.15, -0.1) is 0 Å². The van der Waals surface area contributed by atoms with Crippen molar-refractivity contribution >= 4 is 45.9 Å². The molecule has 0 saturated heterocycles. The van der Waals surface area contributed by atoms with Crippen molar-refractivity contribution in [2.45, 2.75) is 0 Å². The first-order valence-corrected chi connectivity index (χ1v) is 6.15. The number of para-hydroxylation sites is 2.